The van der Waals surface area contributed by atoms with E-state index in [1.54, 1.807) is 11.8 Å². The van der Waals surface area contributed by atoms with Crippen molar-refractivity contribution >= 4 is 11.8 Å². The average Bonchev–Trinajstić information content (AvgIpc) is 2.46. The molecule has 3 heteroatoms. The van der Waals surface area contributed by atoms with Crippen LogP contribution in [0.5, 0.6) is 0 Å². The summed E-state index contributed by atoms with van der Waals surface area (Å²) in [5, 5.41) is 4.36. The normalized spacial score (nSPS) is 13.2. The Labute approximate surface area is 132 Å². The SMILES string of the molecule is CNC(C)c1cccnc1Sc1ccc(C(C)(C)C)cc1. The third-order valence-electron chi connectivity index (χ3n) is 3.63. The van der Waals surface area contributed by atoms with E-state index >= 15 is 0 Å². The smallest absolute Gasteiger partial charge is 0.105 e. The van der Waals surface area contributed by atoms with E-state index in [-0.39, 0.29) is 5.41 Å². The van der Waals surface area contributed by atoms with Gasteiger partial charge >= 0.3 is 0 Å². The first-order chi connectivity index (χ1) is 9.91. The molecule has 0 fully saturated rings. The quantitative estimate of drug-likeness (QED) is 0.877. The molecule has 0 bridgehead atoms. The molecule has 112 valence electrons. The van der Waals surface area contributed by atoms with E-state index in [4.69, 9.17) is 0 Å². The molecule has 1 unspecified atom stereocenters. The highest BCUT2D eigenvalue weighted by atomic mass is 32.2. The molecule has 0 aliphatic carbocycles. The van der Waals surface area contributed by atoms with E-state index in [2.05, 4.69) is 68.3 Å². The van der Waals surface area contributed by atoms with Gasteiger partial charge in [-0.2, -0.15) is 0 Å². The number of nitrogens with zero attached hydrogens (tertiary/aromatic N) is 1. The predicted octanol–water partition coefficient (Wildman–Crippen LogP) is 4.81. The Morgan fingerprint density at radius 1 is 1.10 bits per heavy atom. The highest BCUT2D eigenvalue weighted by Crippen LogP contribution is 2.32. The van der Waals surface area contributed by atoms with Crippen LogP contribution in [0, 0.1) is 0 Å². The molecule has 21 heavy (non-hydrogen) atoms. The van der Waals surface area contributed by atoms with Gasteiger partial charge in [0.15, 0.2) is 0 Å². The van der Waals surface area contributed by atoms with Crippen molar-refractivity contribution in [3.63, 3.8) is 0 Å². The molecule has 2 aromatic rings. The van der Waals surface area contributed by atoms with Crippen LogP contribution < -0.4 is 5.32 Å². The van der Waals surface area contributed by atoms with Crippen LogP contribution in [-0.2, 0) is 5.41 Å². The van der Waals surface area contributed by atoms with Crippen molar-refractivity contribution in [2.45, 2.75) is 49.1 Å². The number of hydrogen-bond acceptors (Lipinski definition) is 3. The molecule has 1 atom stereocenters. The first-order valence-electron chi connectivity index (χ1n) is 7.32. The summed E-state index contributed by atoms with van der Waals surface area (Å²) in [7, 11) is 1.98. The highest BCUT2D eigenvalue weighted by Gasteiger charge is 2.14. The van der Waals surface area contributed by atoms with Crippen LogP contribution >= 0.6 is 11.8 Å². The minimum absolute atomic E-state index is 0.194. The van der Waals surface area contributed by atoms with Gasteiger partial charge in [0.05, 0.1) is 0 Å². The van der Waals surface area contributed by atoms with E-state index < -0.39 is 0 Å². The molecule has 0 aliphatic heterocycles. The highest BCUT2D eigenvalue weighted by molar-refractivity contribution is 7.99. The second-order valence-corrected chi connectivity index (χ2v) is 7.35. The molecular formula is C18H24N2S. The third-order valence-corrected chi connectivity index (χ3v) is 4.68. The van der Waals surface area contributed by atoms with Gasteiger partial charge in [-0.3, -0.25) is 0 Å². The summed E-state index contributed by atoms with van der Waals surface area (Å²) in [5.41, 5.74) is 2.79. The van der Waals surface area contributed by atoms with E-state index in [0.29, 0.717) is 6.04 Å². The largest absolute Gasteiger partial charge is 0.313 e. The van der Waals surface area contributed by atoms with Gasteiger partial charge in [0.2, 0.25) is 0 Å². The summed E-state index contributed by atoms with van der Waals surface area (Å²) >= 11 is 1.73. The number of benzene rings is 1. The van der Waals surface area contributed by atoms with Gasteiger partial charge in [-0.15, -0.1) is 0 Å². The van der Waals surface area contributed by atoms with Crippen molar-refractivity contribution in [3.05, 3.63) is 53.7 Å². The molecule has 1 heterocycles. The standard InChI is InChI=1S/C18H24N2S/c1-13(19-5)16-7-6-12-20-17(16)21-15-10-8-14(9-11-15)18(2,3)4/h6-13,19H,1-5H3. The number of nitrogens with one attached hydrogen (secondary N) is 1. The molecule has 1 N–H and O–H groups in total. The van der Waals surface area contributed by atoms with Gasteiger partial charge in [0.25, 0.3) is 0 Å². The Hall–Kier alpha value is -1.32. The summed E-state index contributed by atoms with van der Waals surface area (Å²) < 4.78 is 0. The molecule has 1 aromatic carbocycles. The fourth-order valence-electron chi connectivity index (χ4n) is 2.11. The van der Waals surface area contributed by atoms with Gasteiger partial charge in [-0.05, 0) is 43.1 Å². The summed E-state index contributed by atoms with van der Waals surface area (Å²) in [4.78, 5) is 5.77. The Kier molecular flexibility index (Phi) is 5.07. The van der Waals surface area contributed by atoms with E-state index in [1.165, 1.54) is 16.0 Å². The Morgan fingerprint density at radius 3 is 2.33 bits per heavy atom. The number of rotatable bonds is 4. The second kappa shape index (κ2) is 6.63. The van der Waals surface area contributed by atoms with Crippen LogP contribution in [0.3, 0.4) is 0 Å². The molecule has 0 saturated carbocycles. The molecule has 1 aromatic heterocycles. The maximum absolute atomic E-state index is 4.54. The molecular weight excluding hydrogens is 276 g/mol. The van der Waals surface area contributed by atoms with Gasteiger partial charge in [0.1, 0.15) is 5.03 Å². The summed E-state index contributed by atoms with van der Waals surface area (Å²) in [6.07, 6.45) is 1.86. The van der Waals surface area contributed by atoms with Crippen molar-refractivity contribution in [1.82, 2.24) is 10.3 Å². The maximum atomic E-state index is 4.54. The Balaban J connectivity index is 2.23. The Bertz CT molecular complexity index is 585. The lowest BCUT2D eigenvalue weighted by Crippen LogP contribution is -2.13. The van der Waals surface area contributed by atoms with Crippen molar-refractivity contribution in [2.24, 2.45) is 0 Å². The molecule has 0 aliphatic rings. The summed E-state index contributed by atoms with van der Waals surface area (Å²) in [6.45, 7) is 8.87. The number of pyridine rings is 1. The minimum Gasteiger partial charge on any atom is -0.313 e. The summed E-state index contributed by atoms with van der Waals surface area (Å²) in [5.74, 6) is 0. The van der Waals surface area contributed by atoms with E-state index in [9.17, 15) is 0 Å². The zero-order valence-electron chi connectivity index (χ0n) is 13.5. The molecule has 2 rings (SSSR count). The zero-order valence-corrected chi connectivity index (χ0v) is 14.3. The molecule has 0 spiro atoms. The average molecular weight is 300 g/mol. The monoisotopic (exact) mass is 300 g/mol. The first-order valence-corrected chi connectivity index (χ1v) is 8.14. The van der Waals surface area contributed by atoms with Gasteiger partial charge in [0, 0.05) is 22.7 Å². The fourth-order valence-corrected chi connectivity index (χ4v) is 3.08. The van der Waals surface area contributed by atoms with Crippen LogP contribution in [0.4, 0.5) is 0 Å². The lowest BCUT2D eigenvalue weighted by atomic mass is 9.87. The van der Waals surface area contributed by atoms with Crippen LogP contribution in [0.1, 0.15) is 44.9 Å². The van der Waals surface area contributed by atoms with Crippen LogP contribution in [0.25, 0.3) is 0 Å². The number of hydrogen-bond donors (Lipinski definition) is 1. The van der Waals surface area contributed by atoms with Crippen LogP contribution in [-0.4, -0.2) is 12.0 Å². The van der Waals surface area contributed by atoms with Gasteiger partial charge in [-0.1, -0.05) is 50.7 Å². The van der Waals surface area contributed by atoms with Crippen LogP contribution in [0.15, 0.2) is 52.5 Å². The van der Waals surface area contributed by atoms with Crippen LogP contribution in [0.2, 0.25) is 0 Å². The topological polar surface area (TPSA) is 24.9 Å². The molecule has 0 amide bonds. The minimum atomic E-state index is 0.194. The van der Waals surface area contributed by atoms with Crippen molar-refractivity contribution < 1.29 is 0 Å². The molecule has 2 nitrogen and oxygen atoms in total. The number of aromatic nitrogens is 1. The second-order valence-electron chi connectivity index (χ2n) is 6.28. The fraction of sp³-hybridized carbons (Fsp3) is 0.389. The molecule has 0 radical (unpaired) electrons. The molecule has 0 saturated heterocycles. The predicted molar refractivity (Wildman–Crippen MR) is 91.0 cm³/mol. The van der Waals surface area contributed by atoms with Crippen molar-refractivity contribution in [3.8, 4) is 0 Å². The Morgan fingerprint density at radius 2 is 1.76 bits per heavy atom. The third kappa shape index (κ3) is 4.08. The summed E-state index contributed by atoms with van der Waals surface area (Å²) in [6, 6.07) is 13.2. The first kappa shape index (κ1) is 16.1. The maximum Gasteiger partial charge on any atom is 0.105 e. The van der Waals surface area contributed by atoms with Gasteiger partial charge in [-0.25, -0.2) is 4.98 Å². The van der Waals surface area contributed by atoms with Gasteiger partial charge < -0.3 is 5.32 Å². The van der Waals surface area contributed by atoms with Crippen molar-refractivity contribution in [1.29, 1.82) is 0 Å². The zero-order chi connectivity index (χ0) is 15.5. The van der Waals surface area contributed by atoms with Crippen molar-refractivity contribution in [2.75, 3.05) is 7.05 Å². The lowest BCUT2D eigenvalue weighted by molar-refractivity contribution is 0.590. The van der Waals surface area contributed by atoms with E-state index in [0.717, 1.165) is 5.03 Å². The van der Waals surface area contributed by atoms with E-state index in [1.807, 2.05) is 19.3 Å². The lowest BCUT2D eigenvalue weighted by Gasteiger charge is -2.19.